The predicted octanol–water partition coefficient (Wildman–Crippen LogP) is 22.8. The first-order chi connectivity index (χ1) is 38.5. The van der Waals surface area contributed by atoms with Crippen molar-refractivity contribution in [2.24, 2.45) is 0 Å². The third-order valence-electron chi connectivity index (χ3n) is 14.3. The van der Waals surface area contributed by atoms with Crippen molar-refractivity contribution in [3.63, 3.8) is 0 Å². The molecule has 0 aliphatic heterocycles. The minimum atomic E-state index is -0.790. The van der Waals surface area contributed by atoms with Crippen molar-refractivity contribution < 1.29 is 28.6 Å². The Kier molecular flexibility index (Phi) is 62.7. The van der Waals surface area contributed by atoms with Gasteiger partial charge in [0.05, 0.1) is 0 Å². The van der Waals surface area contributed by atoms with Crippen molar-refractivity contribution >= 4 is 17.9 Å². The molecule has 0 aromatic rings. The molecule has 0 saturated heterocycles. The van der Waals surface area contributed by atoms with Gasteiger partial charge in [-0.1, -0.05) is 304 Å². The minimum absolute atomic E-state index is 0.0876. The van der Waals surface area contributed by atoms with E-state index in [0.29, 0.717) is 19.3 Å². The summed E-state index contributed by atoms with van der Waals surface area (Å²) in [4.78, 5) is 38.3. The molecule has 1 unspecified atom stereocenters. The van der Waals surface area contributed by atoms with Gasteiger partial charge in [-0.25, -0.2) is 0 Å². The van der Waals surface area contributed by atoms with Gasteiger partial charge in [-0.3, -0.25) is 14.4 Å². The van der Waals surface area contributed by atoms with Crippen molar-refractivity contribution in [2.45, 2.75) is 329 Å². The summed E-state index contributed by atoms with van der Waals surface area (Å²) in [6.45, 7) is 6.48. The Bertz CT molecular complexity index is 1530. The number of rotatable bonds is 60. The fourth-order valence-corrected chi connectivity index (χ4v) is 9.37. The van der Waals surface area contributed by atoms with Gasteiger partial charge < -0.3 is 14.2 Å². The Hall–Kier alpha value is -3.67. The van der Waals surface area contributed by atoms with E-state index in [1.807, 2.05) is 0 Å². The summed E-state index contributed by atoms with van der Waals surface area (Å²) in [6, 6.07) is 0. The van der Waals surface area contributed by atoms with E-state index in [9.17, 15) is 14.4 Å². The average Bonchev–Trinajstić information content (AvgIpc) is 3.44. The van der Waals surface area contributed by atoms with E-state index in [-0.39, 0.29) is 31.1 Å². The van der Waals surface area contributed by atoms with Crippen LogP contribution in [0.5, 0.6) is 0 Å². The highest BCUT2D eigenvalue weighted by atomic mass is 16.6. The molecule has 0 aromatic heterocycles. The lowest BCUT2D eigenvalue weighted by atomic mass is 10.0. The second-order valence-corrected chi connectivity index (χ2v) is 22.0. The molecule has 0 saturated carbocycles. The Morgan fingerprint density at radius 1 is 0.269 bits per heavy atom. The van der Waals surface area contributed by atoms with Gasteiger partial charge >= 0.3 is 17.9 Å². The van der Waals surface area contributed by atoms with Gasteiger partial charge in [0.15, 0.2) is 6.10 Å². The van der Waals surface area contributed by atoms with Crippen molar-refractivity contribution in [3.05, 3.63) is 97.2 Å². The Morgan fingerprint density at radius 3 is 0.833 bits per heavy atom. The fraction of sp³-hybridized carbons (Fsp3) is 0.736. The molecule has 0 aromatic carbocycles. The number of carbonyl (C=O) groups excluding carboxylic acids is 3. The maximum atomic E-state index is 12.9. The van der Waals surface area contributed by atoms with Gasteiger partial charge in [0.2, 0.25) is 0 Å². The van der Waals surface area contributed by atoms with Crippen LogP contribution in [0.1, 0.15) is 323 Å². The number of esters is 3. The highest BCUT2D eigenvalue weighted by Crippen LogP contribution is 2.17. The summed E-state index contributed by atoms with van der Waals surface area (Å²) >= 11 is 0. The highest BCUT2D eigenvalue weighted by Gasteiger charge is 2.19. The molecule has 0 radical (unpaired) electrons. The molecular formula is C72H124O6. The maximum Gasteiger partial charge on any atom is 0.306 e. The second-order valence-electron chi connectivity index (χ2n) is 22.0. The molecule has 0 amide bonds. The number of unbranched alkanes of at least 4 members (excludes halogenated alkanes) is 33. The van der Waals surface area contributed by atoms with Crippen molar-refractivity contribution in [3.8, 4) is 0 Å². The molecule has 448 valence electrons. The zero-order valence-electron chi connectivity index (χ0n) is 51.4. The quantitative estimate of drug-likeness (QED) is 0.0261. The van der Waals surface area contributed by atoms with Crippen LogP contribution in [-0.4, -0.2) is 37.2 Å². The monoisotopic (exact) mass is 1080 g/mol. The normalized spacial score (nSPS) is 12.7. The number of carbonyl (C=O) groups is 3. The molecule has 0 spiro atoms. The first kappa shape index (κ1) is 74.3. The zero-order valence-corrected chi connectivity index (χ0v) is 51.4. The Morgan fingerprint density at radius 2 is 0.526 bits per heavy atom. The maximum absolute atomic E-state index is 12.9. The largest absolute Gasteiger partial charge is 0.462 e. The van der Waals surface area contributed by atoms with Crippen molar-refractivity contribution in [1.29, 1.82) is 0 Å². The summed E-state index contributed by atoms with van der Waals surface area (Å²) in [5, 5.41) is 0. The highest BCUT2D eigenvalue weighted by molar-refractivity contribution is 5.71. The molecule has 0 fully saturated rings. The summed E-state index contributed by atoms with van der Waals surface area (Å²) < 4.78 is 16.9. The SMILES string of the molecule is CC/C=C\C/C=C\C/C=C\C/C=C\C/C=C\C/C=C\CCCCCCCCC(=O)OCC(COC(=O)CCCCCCC/C=C\C/C=C\CCC)OC(=O)CCCCCCCCCCCCCCCCCCCCCCCC. The second kappa shape index (κ2) is 65.8. The van der Waals surface area contributed by atoms with E-state index < -0.39 is 6.10 Å². The number of hydrogen-bond acceptors (Lipinski definition) is 6. The van der Waals surface area contributed by atoms with E-state index in [2.05, 4.69) is 118 Å². The van der Waals surface area contributed by atoms with Crippen LogP contribution in [0.3, 0.4) is 0 Å². The first-order valence-electron chi connectivity index (χ1n) is 33.2. The Balaban J connectivity index is 4.34. The van der Waals surface area contributed by atoms with Crippen LogP contribution in [0.2, 0.25) is 0 Å². The van der Waals surface area contributed by atoms with Gasteiger partial charge in [-0.15, -0.1) is 0 Å². The molecule has 0 aliphatic rings. The smallest absolute Gasteiger partial charge is 0.306 e. The number of allylic oxidation sites excluding steroid dienone is 16. The van der Waals surface area contributed by atoms with Crippen LogP contribution >= 0.6 is 0 Å². The predicted molar refractivity (Wildman–Crippen MR) is 339 cm³/mol. The lowest BCUT2D eigenvalue weighted by Gasteiger charge is -2.18. The van der Waals surface area contributed by atoms with Gasteiger partial charge in [0, 0.05) is 19.3 Å². The topological polar surface area (TPSA) is 78.9 Å². The van der Waals surface area contributed by atoms with Crippen LogP contribution in [0.15, 0.2) is 97.2 Å². The van der Waals surface area contributed by atoms with Gasteiger partial charge in [-0.2, -0.15) is 0 Å². The molecular weight excluding hydrogens is 961 g/mol. The minimum Gasteiger partial charge on any atom is -0.462 e. The lowest BCUT2D eigenvalue weighted by Crippen LogP contribution is -2.30. The molecule has 0 aliphatic carbocycles. The summed E-state index contributed by atoms with van der Waals surface area (Å²) in [6.07, 6.45) is 88.5. The number of ether oxygens (including phenoxy) is 3. The molecule has 6 heteroatoms. The summed E-state index contributed by atoms with van der Waals surface area (Å²) in [5.41, 5.74) is 0. The van der Waals surface area contributed by atoms with E-state index in [1.165, 1.54) is 141 Å². The lowest BCUT2D eigenvalue weighted by molar-refractivity contribution is -0.167. The van der Waals surface area contributed by atoms with E-state index in [1.54, 1.807) is 0 Å². The summed E-state index contributed by atoms with van der Waals surface area (Å²) in [5.74, 6) is -0.902. The zero-order chi connectivity index (χ0) is 56.4. The van der Waals surface area contributed by atoms with E-state index in [0.717, 1.165) is 141 Å². The standard InChI is InChI=1S/C72H124O6/c1-4-7-10-13-16-19-22-25-27-29-31-33-35-36-37-39-40-42-44-47-50-53-56-59-62-65-71(74)77-68-69(67-76-70(73)64-61-58-55-52-49-46-24-21-18-15-12-9-6-3)78-72(75)66-63-60-57-54-51-48-45-43-41-38-34-32-30-28-26-23-20-17-14-11-8-5-2/h7,10,12,15-16,19,21,24-25,27,31,33,36-37,40,42,69H,4-6,8-9,11,13-14,17-18,20,22-23,26,28-30,32,34-35,38-39,41,43-68H2,1-3H3/b10-7-,15-12-,19-16-,24-21-,27-25-,33-31-,37-36-,42-40-. The van der Waals surface area contributed by atoms with Crippen molar-refractivity contribution in [2.75, 3.05) is 13.2 Å². The van der Waals surface area contributed by atoms with Gasteiger partial charge in [0.1, 0.15) is 13.2 Å². The van der Waals surface area contributed by atoms with E-state index in [4.69, 9.17) is 14.2 Å². The van der Waals surface area contributed by atoms with Crippen LogP contribution in [0, 0.1) is 0 Å². The molecule has 6 nitrogen and oxygen atoms in total. The van der Waals surface area contributed by atoms with Crippen LogP contribution in [0.4, 0.5) is 0 Å². The third kappa shape index (κ3) is 63.2. The molecule has 78 heavy (non-hydrogen) atoms. The van der Waals surface area contributed by atoms with Gasteiger partial charge in [-0.05, 0) is 96.3 Å². The van der Waals surface area contributed by atoms with Crippen LogP contribution in [-0.2, 0) is 28.6 Å². The molecule has 0 bridgehead atoms. The third-order valence-corrected chi connectivity index (χ3v) is 14.3. The summed E-state index contributed by atoms with van der Waals surface area (Å²) in [7, 11) is 0. The van der Waals surface area contributed by atoms with Crippen LogP contribution in [0.25, 0.3) is 0 Å². The molecule has 0 rings (SSSR count). The average molecular weight is 1090 g/mol. The van der Waals surface area contributed by atoms with Crippen LogP contribution < -0.4 is 0 Å². The number of hydrogen-bond donors (Lipinski definition) is 0. The Labute approximate surface area is 483 Å². The molecule has 0 heterocycles. The van der Waals surface area contributed by atoms with Crippen molar-refractivity contribution in [1.82, 2.24) is 0 Å². The fourth-order valence-electron chi connectivity index (χ4n) is 9.37. The van der Waals surface area contributed by atoms with Gasteiger partial charge in [0.25, 0.3) is 0 Å². The molecule has 0 N–H and O–H groups in total. The molecule has 1 atom stereocenters. The first-order valence-corrected chi connectivity index (χ1v) is 33.2. The van der Waals surface area contributed by atoms with E-state index >= 15 is 0 Å².